The zero-order valence-corrected chi connectivity index (χ0v) is 10.9. The van der Waals surface area contributed by atoms with Gasteiger partial charge in [-0.3, -0.25) is 4.79 Å². The summed E-state index contributed by atoms with van der Waals surface area (Å²) >= 11 is 0. The van der Waals surface area contributed by atoms with E-state index < -0.39 is 15.9 Å². The molecule has 0 unspecified atom stereocenters. The monoisotopic (exact) mass is 263 g/mol. The van der Waals surface area contributed by atoms with Crippen LogP contribution in [0.15, 0.2) is 0 Å². The minimum atomic E-state index is -4.20. The molecule has 1 rings (SSSR count). The lowest BCUT2D eigenvalue weighted by Gasteiger charge is -2.24. The van der Waals surface area contributed by atoms with Crippen molar-refractivity contribution < 1.29 is 22.5 Å². The zero-order valence-electron chi connectivity index (χ0n) is 10.1. The fourth-order valence-electron chi connectivity index (χ4n) is 2.02. The second-order valence-electron chi connectivity index (χ2n) is 4.74. The predicted octanol–water partition coefficient (Wildman–Crippen LogP) is 1.29. The van der Waals surface area contributed by atoms with Gasteiger partial charge in [-0.15, -0.1) is 0 Å². The lowest BCUT2D eigenvalue weighted by molar-refractivity contribution is -0.149. The Balaban J connectivity index is 2.17. The van der Waals surface area contributed by atoms with Gasteiger partial charge in [-0.2, -0.15) is 0 Å². The molecule has 0 spiro atoms. The van der Waals surface area contributed by atoms with Gasteiger partial charge in [-0.05, 0) is 38.0 Å². The highest BCUT2D eigenvalue weighted by Crippen LogP contribution is 2.28. The van der Waals surface area contributed by atoms with Crippen molar-refractivity contribution in [1.82, 2.24) is 0 Å². The maximum atomic E-state index is 11.6. The van der Waals surface area contributed by atoms with E-state index in [2.05, 4.69) is 6.92 Å². The molecule has 0 radical (unpaired) electrons. The number of esters is 1. The molecule has 0 aromatic heterocycles. The molecule has 0 heterocycles. The molecule has 0 aromatic carbocycles. The summed E-state index contributed by atoms with van der Waals surface area (Å²) in [6, 6.07) is 0. The van der Waals surface area contributed by atoms with Crippen molar-refractivity contribution in [2.75, 3.05) is 12.4 Å². The van der Waals surface area contributed by atoms with E-state index >= 15 is 0 Å². The van der Waals surface area contributed by atoms with E-state index in [4.69, 9.17) is 4.74 Å². The Bertz CT molecular complexity index is 341. The molecular weight excluding hydrogens is 244 g/mol. The third-order valence-electron chi connectivity index (χ3n) is 3.13. The molecule has 6 heteroatoms. The van der Waals surface area contributed by atoms with Crippen LogP contribution in [-0.4, -0.2) is 31.3 Å². The number of rotatable bonds is 5. The van der Waals surface area contributed by atoms with Crippen molar-refractivity contribution in [1.29, 1.82) is 0 Å². The maximum absolute atomic E-state index is 11.6. The summed E-state index contributed by atoms with van der Waals surface area (Å²) in [5.74, 6) is -0.0953. The Labute approximate surface area is 102 Å². The van der Waals surface area contributed by atoms with Crippen LogP contribution in [-0.2, 0) is 19.6 Å². The lowest BCUT2D eigenvalue weighted by atomic mass is 9.83. The summed E-state index contributed by atoms with van der Waals surface area (Å²) in [4.78, 5) is 11.6. The molecule has 1 saturated carbocycles. The minimum Gasteiger partial charge on any atom is -0.748 e. The fraction of sp³-hybridized carbons (Fsp3) is 0.909. The summed E-state index contributed by atoms with van der Waals surface area (Å²) in [5.41, 5.74) is 0. The molecule has 5 nitrogen and oxygen atoms in total. The van der Waals surface area contributed by atoms with E-state index in [-0.39, 0.29) is 24.9 Å². The van der Waals surface area contributed by atoms with E-state index in [9.17, 15) is 17.8 Å². The van der Waals surface area contributed by atoms with Crippen molar-refractivity contribution in [2.45, 2.75) is 39.0 Å². The topological polar surface area (TPSA) is 83.5 Å². The normalized spacial score (nSPS) is 25.5. The summed E-state index contributed by atoms with van der Waals surface area (Å²) in [7, 11) is -4.20. The standard InChI is InChI=1S/C11H20O5S/c1-9-3-5-10(6-4-9)11(12)16-7-2-8-17(13,14)15/h9-10H,2-8H2,1H3,(H,13,14,15)/p-1. The van der Waals surface area contributed by atoms with Crippen molar-refractivity contribution in [2.24, 2.45) is 11.8 Å². The molecule has 0 aromatic rings. The molecule has 100 valence electrons. The first-order chi connectivity index (χ1) is 7.88. The molecule has 1 aliphatic rings. The SMILES string of the molecule is CC1CCC(C(=O)OCCCS(=O)(=O)[O-])CC1. The molecule has 0 atom stereocenters. The van der Waals surface area contributed by atoms with Crippen LogP contribution in [0.2, 0.25) is 0 Å². The summed E-state index contributed by atoms with van der Waals surface area (Å²) < 4.78 is 35.9. The van der Waals surface area contributed by atoms with Gasteiger partial charge in [-0.25, -0.2) is 8.42 Å². The molecule has 0 amide bonds. The highest BCUT2D eigenvalue weighted by Gasteiger charge is 2.25. The van der Waals surface area contributed by atoms with E-state index in [1.807, 2.05) is 0 Å². The smallest absolute Gasteiger partial charge is 0.308 e. The molecule has 0 saturated heterocycles. The highest BCUT2D eigenvalue weighted by molar-refractivity contribution is 7.85. The van der Waals surface area contributed by atoms with Crippen molar-refractivity contribution in [3.05, 3.63) is 0 Å². The number of ether oxygens (including phenoxy) is 1. The van der Waals surface area contributed by atoms with Crippen molar-refractivity contribution >= 4 is 16.1 Å². The average Bonchev–Trinajstić information content (AvgIpc) is 2.24. The van der Waals surface area contributed by atoms with Gasteiger partial charge in [0.2, 0.25) is 0 Å². The van der Waals surface area contributed by atoms with Crippen LogP contribution in [0.3, 0.4) is 0 Å². The second kappa shape index (κ2) is 6.35. The van der Waals surface area contributed by atoms with Crippen LogP contribution >= 0.6 is 0 Å². The second-order valence-corrected chi connectivity index (χ2v) is 6.26. The fourth-order valence-corrected chi connectivity index (χ4v) is 2.49. The number of hydrogen-bond acceptors (Lipinski definition) is 5. The van der Waals surface area contributed by atoms with Crippen LogP contribution in [0.25, 0.3) is 0 Å². The Morgan fingerprint density at radius 3 is 2.41 bits per heavy atom. The number of hydrogen-bond donors (Lipinski definition) is 0. The van der Waals surface area contributed by atoms with Crippen LogP contribution < -0.4 is 0 Å². The molecule has 17 heavy (non-hydrogen) atoms. The Morgan fingerprint density at radius 1 is 1.29 bits per heavy atom. The largest absolute Gasteiger partial charge is 0.748 e. The van der Waals surface area contributed by atoms with E-state index in [1.54, 1.807) is 0 Å². The number of carbonyl (C=O) groups excluding carboxylic acids is 1. The maximum Gasteiger partial charge on any atom is 0.308 e. The lowest BCUT2D eigenvalue weighted by Crippen LogP contribution is -2.23. The first kappa shape index (κ1) is 14.4. The third kappa shape index (κ3) is 6.02. The molecule has 1 aliphatic carbocycles. The van der Waals surface area contributed by atoms with E-state index in [0.29, 0.717) is 5.92 Å². The van der Waals surface area contributed by atoms with Gasteiger partial charge in [0, 0.05) is 5.75 Å². The predicted molar refractivity (Wildman–Crippen MR) is 61.3 cm³/mol. The zero-order chi connectivity index (χ0) is 12.9. The van der Waals surface area contributed by atoms with Crippen LogP contribution in [0, 0.1) is 11.8 Å². The Hall–Kier alpha value is -0.620. The van der Waals surface area contributed by atoms with Crippen LogP contribution in [0.1, 0.15) is 39.0 Å². The van der Waals surface area contributed by atoms with Crippen molar-refractivity contribution in [3.8, 4) is 0 Å². The quantitative estimate of drug-likeness (QED) is 0.424. The van der Waals surface area contributed by atoms with Gasteiger partial charge in [0.1, 0.15) is 0 Å². The summed E-state index contributed by atoms with van der Waals surface area (Å²) in [6.45, 7) is 2.19. The molecule has 0 N–H and O–H groups in total. The Kier molecular flexibility index (Phi) is 5.39. The van der Waals surface area contributed by atoms with Gasteiger partial charge < -0.3 is 9.29 Å². The van der Waals surface area contributed by atoms with E-state index in [1.165, 1.54) is 0 Å². The van der Waals surface area contributed by atoms with Gasteiger partial charge in [0.25, 0.3) is 0 Å². The molecular formula is C11H19O5S-. The minimum absolute atomic E-state index is 0.0202. The van der Waals surface area contributed by atoms with E-state index in [0.717, 1.165) is 25.7 Å². The van der Waals surface area contributed by atoms with Gasteiger partial charge in [-0.1, -0.05) is 6.92 Å². The van der Waals surface area contributed by atoms with Crippen molar-refractivity contribution in [3.63, 3.8) is 0 Å². The van der Waals surface area contributed by atoms with Gasteiger partial charge >= 0.3 is 5.97 Å². The number of carbonyl (C=O) groups is 1. The van der Waals surface area contributed by atoms with Crippen LogP contribution in [0.5, 0.6) is 0 Å². The van der Waals surface area contributed by atoms with Gasteiger partial charge in [0.15, 0.2) is 0 Å². The average molecular weight is 263 g/mol. The Morgan fingerprint density at radius 2 is 1.88 bits per heavy atom. The summed E-state index contributed by atoms with van der Waals surface area (Å²) in [5, 5.41) is 0. The van der Waals surface area contributed by atoms with Crippen LogP contribution in [0.4, 0.5) is 0 Å². The molecule has 0 aliphatic heterocycles. The molecule has 1 fully saturated rings. The first-order valence-electron chi connectivity index (χ1n) is 5.98. The first-order valence-corrected chi connectivity index (χ1v) is 7.56. The van der Waals surface area contributed by atoms with Gasteiger partial charge in [0.05, 0.1) is 22.6 Å². The third-order valence-corrected chi connectivity index (χ3v) is 3.92. The summed E-state index contributed by atoms with van der Waals surface area (Å²) in [6.07, 6.45) is 3.85. The molecule has 0 bridgehead atoms. The highest BCUT2D eigenvalue weighted by atomic mass is 32.2.